The van der Waals surface area contributed by atoms with Gasteiger partial charge in [0.1, 0.15) is 11.9 Å². The Hall–Kier alpha value is -1.46. The van der Waals surface area contributed by atoms with E-state index in [9.17, 15) is 4.39 Å². The topological polar surface area (TPSA) is 82.9 Å². The van der Waals surface area contributed by atoms with Crippen molar-refractivity contribution in [2.45, 2.75) is 22.6 Å². The molecule has 0 aliphatic carbocycles. The predicted molar refractivity (Wildman–Crippen MR) is 81.5 cm³/mol. The summed E-state index contributed by atoms with van der Waals surface area (Å²) in [5.41, 5.74) is 7.95. The van der Waals surface area contributed by atoms with Crippen molar-refractivity contribution in [3.8, 4) is 6.07 Å². The number of aliphatic hydroxyl groups excluding tert-OH is 1. The first-order valence-electron chi connectivity index (χ1n) is 6.25. The summed E-state index contributed by atoms with van der Waals surface area (Å²) in [6.07, 6.45) is 2.25. The second-order valence-electron chi connectivity index (χ2n) is 4.44. The highest BCUT2D eigenvalue weighted by molar-refractivity contribution is 7.99. The zero-order valence-electron chi connectivity index (χ0n) is 11.1. The second-order valence-corrected chi connectivity index (χ2v) is 6.60. The SMILES string of the molecule is N#Cc1ccc(F)cc1S[C@H](C[C@H](N)CO)c1cncs1. The highest BCUT2D eigenvalue weighted by Crippen LogP contribution is 2.41. The number of rotatable bonds is 6. The smallest absolute Gasteiger partial charge is 0.124 e. The molecule has 2 atom stereocenters. The molecule has 110 valence electrons. The maximum absolute atomic E-state index is 13.4. The molecule has 2 aromatic rings. The number of aliphatic hydroxyl groups is 1. The molecule has 0 aliphatic heterocycles. The third-order valence-corrected chi connectivity index (χ3v) is 5.21. The van der Waals surface area contributed by atoms with Gasteiger partial charge in [0.2, 0.25) is 0 Å². The van der Waals surface area contributed by atoms with Gasteiger partial charge in [0, 0.05) is 27.3 Å². The molecule has 1 aromatic heterocycles. The molecule has 1 aromatic carbocycles. The van der Waals surface area contributed by atoms with Gasteiger partial charge in [-0.3, -0.25) is 4.98 Å². The lowest BCUT2D eigenvalue weighted by molar-refractivity contribution is 0.260. The van der Waals surface area contributed by atoms with Gasteiger partial charge in [-0.05, 0) is 24.6 Å². The molecule has 0 fully saturated rings. The minimum absolute atomic E-state index is 0.0754. The van der Waals surface area contributed by atoms with Crippen molar-refractivity contribution < 1.29 is 9.50 Å². The standard InChI is InChI=1S/C14H14FN3OS2/c15-10-2-1-9(5-16)12(3-10)21-13(4-11(17)7-19)14-6-18-8-20-14/h1-3,6,8,11,13,19H,4,7,17H2/t11-,13+/m0/s1. The zero-order chi connectivity index (χ0) is 15.2. The molecular weight excluding hydrogens is 309 g/mol. The normalized spacial score (nSPS) is 13.6. The van der Waals surface area contributed by atoms with Gasteiger partial charge in [-0.25, -0.2) is 4.39 Å². The quantitative estimate of drug-likeness (QED) is 0.799. The zero-order valence-corrected chi connectivity index (χ0v) is 12.7. The molecule has 7 heteroatoms. The van der Waals surface area contributed by atoms with Crippen LogP contribution in [0.3, 0.4) is 0 Å². The van der Waals surface area contributed by atoms with Crippen LogP contribution in [0.15, 0.2) is 34.8 Å². The summed E-state index contributed by atoms with van der Waals surface area (Å²) in [5, 5.41) is 18.2. The molecule has 0 radical (unpaired) electrons. The number of benzene rings is 1. The highest BCUT2D eigenvalue weighted by Gasteiger charge is 2.20. The molecule has 0 bridgehead atoms. The number of thiazole rings is 1. The molecule has 3 N–H and O–H groups in total. The van der Waals surface area contributed by atoms with E-state index in [2.05, 4.69) is 11.1 Å². The summed E-state index contributed by atoms with van der Waals surface area (Å²) in [5.74, 6) is -0.383. The van der Waals surface area contributed by atoms with E-state index in [0.717, 1.165) is 4.88 Å². The fourth-order valence-electron chi connectivity index (χ4n) is 1.80. The number of nitriles is 1. The first-order chi connectivity index (χ1) is 10.1. The van der Waals surface area contributed by atoms with Gasteiger partial charge < -0.3 is 10.8 Å². The molecular formula is C14H14FN3OS2. The van der Waals surface area contributed by atoms with Gasteiger partial charge in [-0.15, -0.1) is 23.1 Å². The van der Waals surface area contributed by atoms with Crippen LogP contribution in [0.5, 0.6) is 0 Å². The first kappa shape index (κ1) is 15.9. The lowest BCUT2D eigenvalue weighted by Gasteiger charge is -2.18. The number of nitrogens with zero attached hydrogens (tertiary/aromatic N) is 2. The van der Waals surface area contributed by atoms with Crippen molar-refractivity contribution in [3.63, 3.8) is 0 Å². The van der Waals surface area contributed by atoms with Crippen LogP contribution in [-0.4, -0.2) is 22.7 Å². The van der Waals surface area contributed by atoms with E-state index in [1.165, 1.54) is 41.3 Å². The molecule has 0 amide bonds. The van der Waals surface area contributed by atoms with Crippen LogP contribution >= 0.6 is 23.1 Å². The largest absolute Gasteiger partial charge is 0.395 e. The minimum atomic E-state index is -0.383. The van der Waals surface area contributed by atoms with Gasteiger partial charge >= 0.3 is 0 Å². The predicted octanol–water partition coefficient (Wildman–Crippen LogP) is 2.70. The monoisotopic (exact) mass is 323 g/mol. The van der Waals surface area contributed by atoms with E-state index in [0.29, 0.717) is 16.9 Å². The molecule has 0 saturated heterocycles. The van der Waals surface area contributed by atoms with Crippen LogP contribution in [0.25, 0.3) is 0 Å². The summed E-state index contributed by atoms with van der Waals surface area (Å²) < 4.78 is 13.4. The number of hydrogen-bond donors (Lipinski definition) is 2. The van der Waals surface area contributed by atoms with Gasteiger partial charge in [0.15, 0.2) is 0 Å². The fourth-order valence-corrected chi connectivity index (χ4v) is 3.97. The van der Waals surface area contributed by atoms with E-state index in [1.807, 2.05) is 0 Å². The van der Waals surface area contributed by atoms with Crippen molar-refractivity contribution in [2.75, 3.05) is 6.61 Å². The van der Waals surface area contributed by atoms with Gasteiger partial charge in [-0.2, -0.15) is 5.26 Å². The van der Waals surface area contributed by atoms with Crippen LogP contribution in [0.1, 0.15) is 22.1 Å². The van der Waals surface area contributed by atoms with Gasteiger partial charge in [-0.1, -0.05) is 0 Å². The highest BCUT2D eigenvalue weighted by atomic mass is 32.2. The first-order valence-corrected chi connectivity index (χ1v) is 8.01. The van der Waals surface area contributed by atoms with Crippen LogP contribution in [-0.2, 0) is 0 Å². The third-order valence-electron chi connectivity index (χ3n) is 2.85. The summed E-state index contributed by atoms with van der Waals surface area (Å²) in [6, 6.07) is 5.77. The number of hydrogen-bond acceptors (Lipinski definition) is 6. The Kier molecular flexibility index (Phi) is 5.70. The molecule has 21 heavy (non-hydrogen) atoms. The summed E-state index contributed by atoms with van der Waals surface area (Å²) >= 11 is 2.85. The Morgan fingerprint density at radius 3 is 2.95 bits per heavy atom. The summed E-state index contributed by atoms with van der Waals surface area (Å²) in [6.45, 7) is -0.121. The number of aromatic nitrogens is 1. The molecule has 0 unspecified atom stereocenters. The van der Waals surface area contributed by atoms with Crippen LogP contribution in [0, 0.1) is 17.1 Å². The lowest BCUT2D eigenvalue weighted by Crippen LogP contribution is -2.25. The van der Waals surface area contributed by atoms with E-state index in [1.54, 1.807) is 11.7 Å². The average molecular weight is 323 g/mol. The minimum Gasteiger partial charge on any atom is -0.395 e. The van der Waals surface area contributed by atoms with Gasteiger partial charge in [0.05, 0.1) is 17.7 Å². The van der Waals surface area contributed by atoms with Crippen LogP contribution < -0.4 is 5.73 Å². The summed E-state index contributed by atoms with van der Waals surface area (Å²) in [4.78, 5) is 5.59. The van der Waals surface area contributed by atoms with Crippen LogP contribution in [0.4, 0.5) is 4.39 Å². The van der Waals surface area contributed by atoms with Crippen molar-refractivity contribution >= 4 is 23.1 Å². The molecule has 4 nitrogen and oxygen atoms in total. The molecule has 0 aliphatic rings. The molecule has 0 saturated carbocycles. The Morgan fingerprint density at radius 2 is 2.33 bits per heavy atom. The Morgan fingerprint density at radius 1 is 1.52 bits per heavy atom. The van der Waals surface area contributed by atoms with E-state index in [-0.39, 0.29) is 23.7 Å². The maximum atomic E-state index is 13.4. The Labute approximate surface area is 130 Å². The second kappa shape index (κ2) is 7.52. The third kappa shape index (κ3) is 4.25. The molecule has 1 heterocycles. The van der Waals surface area contributed by atoms with Crippen molar-refractivity contribution in [1.82, 2.24) is 4.98 Å². The van der Waals surface area contributed by atoms with Crippen molar-refractivity contribution in [2.24, 2.45) is 5.73 Å². The fraction of sp³-hybridized carbons (Fsp3) is 0.286. The van der Waals surface area contributed by atoms with Crippen molar-refractivity contribution in [3.05, 3.63) is 46.2 Å². The Balaban J connectivity index is 2.27. The number of halogens is 1. The average Bonchev–Trinajstić information content (AvgIpc) is 3.01. The molecule has 0 spiro atoms. The van der Waals surface area contributed by atoms with Crippen molar-refractivity contribution in [1.29, 1.82) is 5.26 Å². The van der Waals surface area contributed by atoms with Gasteiger partial charge in [0.25, 0.3) is 0 Å². The van der Waals surface area contributed by atoms with E-state index in [4.69, 9.17) is 16.1 Å². The lowest BCUT2D eigenvalue weighted by atomic mass is 10.1. The van der Waals surface area contributed by atoms with E-state index >= 15 is 0 Å². The Bertz CT molecular complexity index is 628. The van der Waals surface area contributed by atoms with Crippen LogP contribution in [0.2, 0.25) is 0 Å². The van der Waals surface area contributed by atoms with E-state index < -0.39 is 0 Å². The molecule has 2 rings (SSSR count). The summed E-state index contributed by atoms with van der Waals surface area (Å²) in [7, 11) is 0. The maximum Gasteiger partial charge on any atom is 0.124 e. The number of thioether (sulfide) groups is 1. The number of nitrogens with two attached hydrogens (primary N) is 1.